The lowest BCUT2D eigenvalue weighted by molar-refractivity contribution is -0.127. The van der Waals surface area contributed by atoms with Crippen LogP contribution in [0.5, 0.6) is 0 Å². The van der Waals surface area contributed by atoms with E-state index in [2.05, 4.69) is 30.6 Å². The number of anilines is 1. The lowest BCUT2D eigenvalue weighted by atomic mass is 9.85. The van der Waals surface area contributed by atoms with Crippen molar-refractivity contribution in [3.05, 3.63) is 90.8 Å². The molecule has 0 aromatic heterocycles. The van der Waals surface area contributed by atoms with Gasteiger partial charge in [0.25, 0.3) is 0 Å². The maximum absolute atomic E-state index is 13.1. The Kier molecular flexibility index (Phi) is 13.0. The number of nitrogens with one attached hydrogen (secondary N) is 1. The highest BCUT2D eigenvalue weighted by atomic mass is 19.1. The predicted octanol–water partition coefficient (Wildman–Crippen LogP) is 7.98. The molecule has 3 N–H and O–H groups in total. The number of hydrogen-bond donors (Lipinski definition) is 2. The van der Waals surface area contributed by atoms with Crippen LogP contribution in [0.2, 0.25) is 0 Å². The molecule has 0 radical (unpaired) electrons. The van der Waals surface area contributed by atoms with Gasteiger partial charge in [0.2, 0.25) is 5.91 Å². The van der Waals surface area contributed by atoms with Gasteiger partial charge in [0.05, 0.1) is 6.42 Å². The molecule has 0 spiro atoms. The fourth-order valence-electron chi connectivity index (χ4n) is 4.73. The number of rotatable bonds is 7. The summed E-state index contributed by atoms with van der Waals surface area (Å²) in [4.78, 5) is 23.6. The van der Waals surface area contributed by atoms with Gasteiger partial charge < -0.3 is 16.0 Å². The number of carbonyl (C=O) groups excluding carboxylic acids is 2. The third kappa shape index (κ3) is 10.8. The predicted molar refractivity (Wildman–Crippen MR) is 161 cm³/mol. The quantitative estimate of drug-likeness (QED) is 0.308. The van der Waals surface area contributed by atoms with Gasteiger partial charge in [-0.1, -0.05) is 74.9 Å². The normalized spacial score (nSPS) is 12.9. The van der Waals surface area contributed by atoms with Crippen LogP contribution in [0, 0.1) is 11.7 Å². The van der Waals surface area contributed by atoms with E-state index in [4.69, 9.17) is 5.73 Å². The minimum absolute atomic E-state index is 0. The zero-order chi connectivity index (χ0) is 27.9. The fraction of sp³-hybridized carbons (Fsp3) is 0.375. The molecule has 6 heteroatoms. The lowest BCUT2D eigenvalue weighted by Gasteiger charge is -2.21. The van der Waals surface area contributed by atoms with Crippen molar-refractivity contribution in [2.75, 3.05) is 19.4 Å². The number of benzene rings is 3. The molecule has 208 valence electrons. The van der Waals surface area contributed by atoms with Crippen LogP contribution in [0.3, 0.4) is 0 Å². The molecule has 0 heterocycles. The molecule has 1 aliphatic carbocycles. The number of primary amides is 1. The molecule has 3 aromatic rings. The van der Waals surface area contributed by atoms with Crippen molar-refractivity contribution in [2.24, 2.45) is 11.7 Å². The molecule has 0 unspecified atom stereocenters. The molecule has 0 saturated heterocycles. The van der Waals surface area contributed by atoms with E-state index in [1.807, 2.05) is 18.2 Å². The summed E-state index contributed by atoms with van der Waals surface area (Å²) in [6, 6.07) is 17.9. The van der Waals surface area contributed by atoms with E-state index in [1.165, 1.54) is 55.4 Å². The maximum Gasteiger partial charge on any atom is 0.316 e. The highest BCUT2D eigenvalue weighted by molar-refractivity contribution is 5.88. The first-order valence-corrected chi connectivity index (χ1v) is 13.3. The van der Waals surface area contributed by atoms with Crippen molar-refractivity contribution in [3.63, 3.8) is 0 Å². The average Bonchev–Trinajstić information content (AvgIpc) is 2.91. The molecule has 0 atom stereocenters. The third-order valence-corrected chi connectivity index (χ3v) is 6.72. The molecule has 38 heavy (non-hydrogen) atoms. The van der Waals surface area contributed by atoms with E-state index in [0.29, 0.717) is 12.1 Å². The molecule has 0 bridgehead atoms. The number of urea groups is 1. The smallest absolute Gasteiger partial charge is 0.316 e. The molecular formula is C32H46FN3O2. The van der Waals surface area contributed by atoms with E-state index in [0.717, 1.165) is 28.7 Å². The monoisotopic (exact) mass is 523 g/mol. The zero-order valence-corrected chi connectivity index (χ0v) is 22.8. The van der Waals surface area contributed by atoms with Crippen LogP contribution in [0.15, 0.2) is 73.8 Å². The number of likely N-dealkylation sites (N-methyl/N-ethyl adjacent to an activating group) is 1. The Balaban J connectivity index is 0.000000699. The molecule has 0 aliphatic heterocycles. The van der Waals surface area contributed by atoms with Crippen LogP contribution in [-0.2, 0) is 17.6 Å². The van der Waals surface area contributed by atoms with Gasteiger partial charge in [0, 0.05) is 22.6 Å². The zero-order valence-electron chi connectivity index (χ0n) is 22.8. The summed E-state index contributed by atoms with van der Waals surface area (Å²) in [5.74, 6) is 0.831. The van der Waals surface area contributed by atoms with Crippen molar-refractivity contribution < 1.29 is 16.8 Å². The number of carbonyl (C=O) groups is 2. The molecule has 3 amide bonds. The van der Waals surface area contributed by atoms with Crippen molar-refractivity contribution in [1.29, 1.82) is 0 Å². The van der Waals surface area contributed by atoms with Crippen LogP contribution in [-0.4, -0.2) is 30.9 Å². The first-order valence-electron chi connectivity index (χ1n) is 13.3. The van der Waals surface area contributed by atoms with Crippen LogP contribution >= 0.6 is 0 Å². The Labute approximate surface area is 229 Å². The standard InChI is InChI=1S/C19H23F.C11H15N3O2.C2H4.2H2/c20-19-12-11-17-13-16(9-10-18(17)14-19)8-4-7-15-5-2-1-3-6-15;1-14(2)10(15)7-8-4-3-5-9(6-8)13-11(12)16;1-2;;/h9-15H,1-8H2;3-6H,7H2,1-2H3,(H3,12,13,16);1-2H2;2*1H. The molecule has 1 fully saturated rings. The molecule has 1 aliphatic rings. The number of hydrogen-bond acceptors (Lipinski definition) is 2. The van der Waals surface area contributed by atoms with Gasteiger partial charge >= 0.3 is 6.03 Å². The lowest BCUT2D eigenvalue weighted by Crippen LogP contribution is -2.23. The number of halogens is 1. The highest BCUT2D eigenvalue weighted by Crippen LogP contribution is 2.28. The van der Waals surface area contributed by atoms with Crippen molar-refractivity contribution >= 4 is 28.4 Å². The summed E-state index contributed by atoms with van der Waals surface area (Å²) in [7, 11) is 3.40. The van der Waals surface area contributed by atoms with Crippen LogP contribution in [0.4, 0.5) is 14.9 Å². The van der Waals surface area contributed by atoms with Gasteiger partial charge in [-0.05, 0) is 64.9 Å². The second-order valence-corrected chi connectivity index (χ2v) is 9.88. The number of fused-ring (bicyclic) bond motifs is 1. The van der Waals surface area contributed by atoms with Gasteiger partial charge in [-0.25, -0.2) is 9.18 Å². The second kappa shape index (κ2) is 16.2. The van der Waals surface area contributed by atoms with Crippen LogP contribution < -0.4 is 11.1 Å². The molecule has 5 nitrogen and oxygen atoms in total. The number of aryl methyl sites for hydroxylation is 1. The number of nitrogens with two attached hydrogens (primary N) is 1. The number of amides is 3. The van der Waals surface area contributed by atoms with Crippen molar-refractivity contribution in [1.82, 2.24) is 4.90 Å². The van der Waals surface area contributed by atoms with Crippen molar-refractivity contribution in [3.8, 4) is 0 Å². The van der Waals surface area contributed by atoms with E-state index in [-0.39, 0.29) is 14.6 Å². The largest absolute Gasteiger partial charge is 0.351 e. The summed E-state index contributed by atoms with van der Waals surface area (Å²) in [5.41, 5.74) is 7.82. The summed E-state index contributed by atoms with van der Waals surface area (Å²) in [5, 5.41) is 4.62. The van der Waals surface area contributed by atoms with Gasteiger partial charge in [-0.3, -0.25) is 4.79 Å². The Morgan fingerprint density at radius 1 is 0.974 bits per heavy atom. The summed E-state index contributed by atoms with van der Waals surface area (Å²) >= 11 is 0. The summed E-state index contributed by atoms with van der Waals surface area (Å²) < 4.78 is 13.1. The van der Waals surface area contributed by atoms with Gasteiger partial charge in [-0.2, -0.15) is 0 Å². The summed E-state index contributed by atoms with van der Waals surface area (Å²) in [6.07, 6.45) is 11.3. The first kappa shape index (κ1) is 30.6. The van der Waals surface area contributed by atoms with Crippen LogP contribution in [0.25, 0.3) is 10.8 Å². The fourth-order valence-corrected chi connectivity index (χ4v) is 4.73. The van der Waals surface area contributed by atoms with E-state index < -0.39 is 6.03 Å². The Hall–Kier alpha value is -3.67. The minimum Gasteiger partial charge on any atom is -0.351 e. The Bertz CT molecular complexity index is 1180. The number of nitrogens with zero attached hydrogens (tertiary/aromatic N) is 1. The molecule has 4 rings (SSSR count). The average molecular weight is 524 g/mol. The third-order valence-electron chi connectivity index (χ3n) is 6.72. The molecule has 3 aromatic carbocycles. The Morgan fingerprint density at radius 3 is 2.34 bits per heavy atom. The van der Waals surface area contributed by atoms with Gasteiger partial charge in [-0.15, -0.1) is 13.2 Å². The van der Waals surface area contributed by atoms with E-state index in [9.17, 15) is 14.0 Å². The molecule has 1 saturated carbocycles. The summed E-state index contributed by atoms with van der Waals surface area (Å²) in [6.45, 7) is 6.00. The van der Waals surface area contributed by atoms with Crippen LogP contribution in [0.1, 0.15) is 58.9 Å². The molecular weight excluding hydrogens is 477 g/mol. The highest BCUT2D eigenvalue weighted by Gasteiger charge is 2.12. The first-order chi connectivity index (χ1) is 18.3. The van der Waals surface area contributed by atoms with Crippen molar-refractivity contribution in [2.45, 2.75) is 57.8 Å². The van der Waals surface area contributed by atoms with E-state index >= 15 is 0 Å². The SMILES string of the molecule is C=C.CN(C)C(=O)Cc1cccc(NC(N)=O)c1.Fc1ccc2cc(CCCC3CCCCC3)ccc2c1.[HH].[HH]. The second-order valence-electron chi connectivity index (χ2n) is 9.88. The minimum atomic E-state index is -0.615. The maximum atomic E-state index is 13.1. The van der Waals surface area contributed by atoms with Gasteiger partial charge in [0.15, 0.2) is 0 Å². The topological polar surface area (TPSA) is 75.4 Å². The van der Waals surface area contributed by atoms with Gasteiger partial charge in [0.1, 0.15) is 5.82 Å². The van der Waals surface area contributed by atoms with E-state index in [1.54, 1.807) is 44.4 Å². The Morgan fingerprint density at radius 2 is 1.66 bits per heavy atom.